The van der Waals surface area contributed by atoms with Gasteiger partial charge in [0, 0.05) is 25.1 Å². The van der Waals surface area contributed by atoms with Crippen LogP contribution in [-0.2, 0) is 14.3 Å². The van der Waals surface area contributed by atoms with Gasteiger partial charge in [0.25, 0.3) is 0 Å². The van der Waals surface area contributed by atoms with Crippen LogP contribution in [0.4, 0.5) is 0 Å². The topological polar surface area (TPSA) is 59.6 Å². The van der Waals surface area contributed by atoms with E-state index in [1.54, 1.807) is 7.11 Å². The minimum atomic E-state index is -0.207. The van der Waals surface area contributed by atoms with Gasteiger partial charge >= 0.3 is 0 Å². The van der Waals surface area contributed by atoms with Gasteiger partial charge < -0.3 is 20.1 Å². The molecule has 1 saturated heterocycles. The first kappa shape index (κ1) is 14.8. The predicted molar refractivity (Wildman–Crippen MR) is 73.0 cm³/mol. The minimum Gasteiger partial charge on any atom is -0.381 e. The third-order valence-corrected chi connectivity index (χ3v) is 4.94. The molecule has 0 spiro atoms. The summed E-state index contributed by atoms with van der Waals surface area (Å²) < 4.78 is 10.9. The highest BCUT2D eigenvalue weighted by Crippen LogP contribution is 2.48. The third kappa shape index (κ3) is 2.64. The van der Waals surface area contributed by atoms with Crippen LogP contribution in [0.15, 0.2) is 0 Å². The molecule has 0 aromatic carbocycles. The molecule has 2 aliphatic rings. The van der Waals surface area contributed by atoms with Crippen LogP contribution in [0.2, 0.25) is 0 Å². The number of hydrogen-bond acceptors (Lipinski definition) is 4. The van der Waals surface area contributed by atoms with Gasteiger partial charge in [-0.05, 0) is 19.3 Å². The maximum Gasteiger partial charge on any atom is 0.239 e. The van der Waals surface area contributed by atoms with Crippen LogP contribution in [0.25, 0.3) is 0 Å². The Bertz CT molecular complexity index is 312. The first-order valence-corrected chi connectivity index (χ1v) is 7.32. The van der Waals surface area contributed by atoms with E-state index < -0.39 is 0 Å². The van der Waals surface area contributed by atoms with Crippen molar-refractivity contribution < 1.29 is 14.3 Å². The fourth-order valence-corrected chi connectivity index (χ4v) is 3.49. The molecule has 0 aromatic heterocycles. The van der Waals surface area contributed by atoms with Crippen LogP contribution in [0.5, 0.6) is 0 Å². The van der Waals surface area contributed by atoms with Crippen LogP contribution < -0.4 is 10.6 Å². The van der Waals surface area contributed by atoms with Crippen molar-refractivity contribution in [2.24, 2.45) is 5.41 Å². The van der Waals surface area contributed by atoms with E-state index in [-0.39, 0.29) is 29.5 Å². The van der Waals surface area contributed by atoms with Crippen molar-refractivity contribution >= 4 is 5.91 Å². The second-order valence-electron chi connectivity index (χ2n) is 5.54. The second-order valence-corrected chi connectivity index (χ2v) is 5.54. The van der Waals surface area contributed by atoms with Gasteiger partial charge in [-0.25, -0.2) is 0 Å². The maximum absolute atomic E-state index is 12.2. The lowest BCUT2D eigenvalue weighted by Crippen LogP contribution is -2.66. The second kappa shape index (κ2) is 6.20. The first-order valence-electron chi connectivity index (χ1n) is 7.32. The molecule has 0 aromatic rings. The molecule has 5 nitrogen and oxygen atoms in total. The lowest BCUT2D eigenvalue weighted by molar-refractivity contribution is -0.144. The zero-order valence-corrected chi connectivity index (χ0v) is 12.2. The quantitative estimate of drug-likeness (QED) is 0.771. The summed E-state index contributed by atoms with van der Waals surface area (Å²) in [5, 5.41) is 6.37. The Morgan fingerprint density at radius 2 is 2.21 bits per heavy atom. The molecule has 1 heterocycles. The molecule has 110 valence electrons. The van der Waals surface area contributed by atoms with E-state index in [0.29, 0.717) is 13.2 Å². The molecule has 1 aliphatic carbocycles. The Morgan fingerprint density at radius 3 is 2.74 bits per heavy atom. The van der Waals surface area contributed by atoms with E-state index in [1.807, 2.05) is 0 Å². The van der Waals surface area contributed by atoms with Gasteiger partial charge in [-0.1, -0.05) is 13.8 Å². The zero-order valence-electron chi connectivity index (χ0n) is 12.2. The van der Waals surface area contributed by atoms with Crippen molar-refractivity contribution in [1.29, 1.82) is 0 Å². The van der Waals surface area contributed by atoms with E-state index >= 15 is 0 Å². The SMILES string of the molecule is CCC1(CC)[C@H](NC(=O)[C@H]2COCCN2)C[C@H]1OC. The summed E-state index contributed by atoms with van der Waals surface area (Å²) >= 11 is 0. The predicted octanol–water partition coefficient (Wildman–Crippen LogP) is 0.685. The van der Waals surface area contributed by atoms with E-state index in [1.165, 1.54) is 0 Å². The molecule has 2 fully saturated rings. The zero-order chi connectivity index (χ0) is 13.9. The molecule has 1 amide bonds. The fraction of sp³-hybridized carbons (Fsp3) is 0.929. The Morgan fingerprint density at radius 1 is 1.47 bits per heavy atom. The summed E-state index contributed by atoms with van der Waals surface area (Å²) in [5.74, 6) is 0.0607. The summed E-state index contributed by atoms with van der Waals surface area (Å²) in [6.45, 7) is 6.26. The van der Waals surface area contributed by atoms with E-state index in [9.17, 15) is 4.79 Å². The summed E-state index contributed by atoms with van der Waals surface area (Å²) in [4.78, 5) is 12.2. The van der Waals surface area contributed by atoms with E-state index in [4.69, 9.17) is 9.47 Å². The number of amides is 1. The third-order valence-electron chi connectivity index (χ3n) is 4.94. The van der Waals surface area contributed by atoms with Gasteiger partial charge in [0.05, 0.1) is 19.3 Å². The average molecular weight is 270 g/mol. The summed E-state index contributed by atoms with van der Waals surface area (Å²) in [5.41, 5.74) is 0.0972. The molecule has 2 rings (SSSR count). The molecule has 0 radical (unpaired) electrons. The van der Waals surface area contributed by atoms with Crippen LogP contribution in [0.1, 0.15) is 33.1 Å². The number of ether oxygens (including phenoxy) is 2. The van der Waals surface area contributed by atoms with Crippen molar-refractivity contribution in [3.63, 3.8) is 0 Å². The highest BCUT2D eigenvalue weighted by molar-refractivity contribution is 5.82. The number of morpholine rings is 1. The van der Waals surface area contributed by atoms with Gasteiger partial charge in [-0.15, -0.1) is 0 Å². The van der Waals surface area contributed by atoms with Crippen molar-refractivity contribution in [2.75, 3.05) is 26.9 Å². The number of hydrogen-bond donors (Lipinski definition) is 2. The highest BCUT2D eigenvalue weighted by Gasteiger charge is 2.53. The maximum atomic E-state index is 12.2. The average Bonchev–Trinajstić information content (AvgIpc) is 2.45. The minimum absolute atomic E-state index is 0.0607. The molecule has 3 atom stereocenters. The van der Waals surface area contributed by atoms with E-state index in [2.05, 4.69) is 24.5 Å². The van der Waals surface area contributed by atoms with Gasteiger partial charge in [0.15, 0.2) is 0 Å². The molecule has 19 heavy (non-hydrogen) atoms. The Hall–Kier alpha value is -0.650. The van der Waals surface area contributed by atoms with Crippen molar-refractivity contribution in [1.82, 2.24) is 10.6 Å². The Labute approximate surface area is 115 Å². The summed E-state index contributed by atoms with van der Waals surface area (Å²) in [7, 11) is 1.76. The van der Waals surface area contributed by atoms with Gasteiger partial charge in [0.2, 0.25) is 5.91 Å². The van der Waals surface area contributed by atoms with Gasteiger partial charge in [-0.3, -0.25) is 4.79 Å². The molecule has 1 saturated carbocycles. The number of carbonyl (C=O) groups is 1. The first-order chi connectivity index (χ1) is 9.17. The number of methoxy groups -OCH3 is 1. The largest absolute Gasteiger partial charge is 0.381 e. The lowest BCUT2D eigenvalue weighted by Gasteiger charge is -2.55. The monoisotopic (exact) mass is 270 g/mol. The van der Waals surface area contributed by atoms with Crippen molar-refractivity contribution in [2.45, 2.75) is 51.3 Å². The lowest BCUT2D eigenvalue weighted by atomic mass is 9.58. The molecular weight excluding hydrogens is 244 g/mol. The van der Waals surface area contributed by atoms with Crippen LogP contribution >= 0.6 is 0 Å². The number of rotatable bonds is 5. The van der Waals surface area contributed by atoms with Crippen LogP contribution in [0, 0.1) is 5.41 Å². The number of nitrogens with one attached hydrogen (secondary N) is 2. The molecule has 0 bridgehead atoms. The summed E-state index contributed by atoms with van der Waals surface area (Å²) in [6, 6.07) is 0.0189. The molecular formula is C14H26N2O3. The smallest absolute Gasteiger partial charge is 0.239 e. The van der Waals surface area contributed by atoms with Crippen LogP contribution in [-0.4, -0.2) is 51.0 Å². The molecule has 1 aliphatic heterocycles. The molecule has 0 unspecified atom stereocenters. The fourth-order valence-electron chi connectivity index (χ4n) is 3.49. The van der Waals surface area contributed by atoms with E-state index in [0.717, 1.165) is 25.8 Å². The van der Waals surface area contributed by atoms with Crippen molar-refractivity contribution in [3.05, 3.63) is 0 Å². The standard InChI is InChI=1S/C14H26N2O3/c1-4-14(5-2)11(8-12(14)18-3)16-13(17)10-9-19-7-6-15-10/h10-12,15H,4-9H2,1-3H3,(H,16,17)/t10-,11-,12-/m1/s1. The van der Waals surface area contributed by atoms with Gasteiger partial charge in [0.1, 0.15) is 6.04 Å². The Kier molecular flexibility index (Phi) is 4.81. The molecule has 5 heteroatoms. The van der Waals surface area contributed by atoms with Crippen LogP contribution in [0.3, 0.4) is 0 Å². The van der Waals surface area contributed by atoms with Crippen molar-refractivity contribution in [3.8, 4) is 0 Å². The highest BCUT2D eigenvalue weighted by atomic mass is 16.5. The number of carbonyl (C=O) groups excluding carboxylic acids is 1. The van der Waals surface area contributed by atoms with Gasteiger partial charge in [-0.2, -0.15) is 0 Å². The Balaban J connectivity index is 1.93. The normalized spacial score (nSPS) is 33.5. The molecule has 2 N–H and O–H groups in total. The summed E-state index contributed by atoms with van der Waals surface area (Å²) in [6.07, 6.45) is 3.24.